The van der Waals surface area contributed by atoms with Crippen LogP contribution in [0.3, 0.4) is 0 Å². The van der Waals surface area contributed by atoms with Gasteiger partial charge in [-0.2, -0.15) is 4.98 Å². The number of halogens is 2. The van der Waals surface area contributed by atoms with Crippen LogP contribution in [-0.4, -0.2) is 39.7 Å². The number of anilines is 2. The first-order chi connectivity index (χ1) is 16.2. The second kappa shape index (κ2) is 9.92. The molecule has 0 aliphatic carbocycles. The lowest BCUT2D eigenvalue weighted by Crippen LogP contribution is -2.10. The maximum atomic E-state index is 14.7. The first-order valence-corrected chi connectivity index (χ1v) is 13.0. The highest BCUT2D eigenvalue weighted by Crippen LogP contribution is 2.34. The summed E-state index contributed by atoms with van der Waals surface area (Å²) in [6.07, 6.45) is 3.19. The molecule has 1 N–H and O–H groups in total. The topological polar surface area (TPSA) is 85.7 Å². The van der Waals surface area contributed by atoms with Crippen LogP contribution in [0.2, 0.25) is 0 Å². The van der Waals surface area contributed by atoms with Crippen LogP contribution >= 0.6 is 0 Å². The Morgan fingerprint density at radius 1 is 1.09 bits per heavy atom. The molecule has 1 aliphatic rings. The van der Waals surface area contributed by atoms with E-state index in [4.69, 9.17) is 9.47 Å². The van der Waals surface area contributed by atoms with Gasteiger partial charge in [0.2, 0.25) is 5.88 Å². The summed E-state index contributed by atoms with van der Waals surface area (Å²) >= 11 is 0. The highest BCUT2D eigenvalue weighted by atomic mass is 32.2. The molecule has 2 aromatic heterocycles. The first-order valence-electron chi connectivity index (χ1n) is 10.9. The molecular weight excluding hydrogens is 462 g/mol. The van der Waals surface area contributed by atoms with Crippen LogP contribution in [0.1, 0.15) is 25.8 Å². The van der Waals surface area contributed by atoms with E-state index in [0.717, 1.165) is 11.8 Å². The van der Waals surface area contributed by atoms with Gasteiger partial charge in [0.1, 0.15) is 29.0 Å². The molecule has 1 aliphatic heterocycles. The minimum atomic E-state index is -2.46. The van der Waals surface area contributed by atoms with Crippen LogP contribution < -0.4 is 14.8 Å². The minimum absolute atomic E-state index is 0.0589. The van der Waals surface area contributed by atoms with Crippen LogP contribution in [0, 0.1) is 11.6 Å². The van der Waals surface area contributed by atoms with Gasteiger partial charge in [0.05, 0.1) is 31.2 Å². The van der Waals surface area contributed by atoms with Gasteiger partial charge < -0.3 is 14.8 Å². The third-order valence-electron chi connectivity index (χ3n) is 4.87. The number of nitrogens with zero attached hydrogens (tertiary/aromatic N) is 3. The maximum Gasteiger partial charge on any atom is 0.215 e. The van der Waals surface area contributed by atoms with Gasteiger partial charge in [-0.15, -0.1) is 0 Å². The van der Waals surface area contributed by atoms with Gasteiger partial charge in [0.25, 0.3) is 0 Å². The van der Waals surface area contributed by atoms with Gasteiger partial charge in [-0.3, -0.25) is 0 Å². The van der Waals surface area contributed by atoms with E-state index < -0.39 is 21.4 Å². The number of nitrogens with one attached hydrogen (secondary N) is 1. The summed E-state index contributed by atoms with van der Waals surface area (Å²) in [5.41, 5.74) is 1.35. The SMILES string of the molecule is CC(C)N=[S@@](C)(=O)Cc1cc2nc(c1)OCCCOc1cc(F)ccc1-c1cc(ncc1F)N2. The number of pyridine rings is 2. The third kappa shape index (κ3) is 5.99. The molecule has 4 rings (SSSR count). The van der Waals surface area contributed by atoms with Gasteiger partial charge in [-0.1, -0.05) is 0 Å². The van der Waals surface area contributed by atoms with E-state index in [9.17, 15) is 13.0 Å². The standard InChI is InChI=1S/C24H26F2N4O3S/c1-15(2)30-34(3,31)14-16-9-23-28-22-12-19(20(26)13-27-22)18-6-5-17(25)11-21(18)32-7-4-8-33-24(10-16)29-23/h5-6,9-13,15H,4,7-8,14H2,1-3H3,(H,27,28,29)/t34-/m0/s1. The Morgan fingerprint density at radius 3 is 2.68 bits per heavy atom. The van der Waals surface area contributed by atoms with Gasteiger partial charge in [-0.05, 0) is 43.7 Å². The summed E-state index contributed by atoms with van der Waals surface area (Å²) in [4.78, 5) is 8.57. The van der Waals surface area contributed by atoms with Crippen LogP contribution in [0.25, 0.3) is 11.1 Å². The van der Waals surface area contributed by atoms with E-state index in [0.29, 0.717) is 29.5 Å². The fraction of sp³-hybridized carbons (Fsp3) is 0.333. The predicted molar refractivity (Wildman–Crippen MR) is 128 cm³/mol. The molecule has 0 radical (unpaired) electrons. The van der Waals surface area contributed by atoms with Gasteiger partial charge in [0.15, 0.2) is 0 Å². The summed E-state index contributed by atoms with van der Waals surface area (Å²) in [5, 5.41) is 3.07. The molecule has 1 atom stereocenters. The molecular formula is C24H26F2N4O3S. The number of aromatic nitrogens is 2. The molecule has 0 amide bonds. The zero-order valence-electron chi connectivity index (χ0n) is 19.2. The van der Waals surface area contributed by atoms with Crippen molar-refractivity contribution < 1.29 is 22.5 Å². The monoisotopic (exact) mass is 488 g/mol. The molecule has 1 aromatic carbocycles. The van der Waals surface area contributed by atoms with Crippen molar-refractivity contribution >= 4 is 21.4 Å². The van der Waals surface area contributed by atoms with E-state index in [1.165, 1.54) is 24.3 Å². The Labute approximate surface area is 197 Å². The van der Waals surface area contributed by atoms with Gasteiger partial charge in [-0.25, -0.2) is 22.3 Å². The van der Waals surface area contributed by atoms with Crippen molar-refractivity contribution in [2.75, 3.05) is 24.8 Å². The fourth-order valence-electron chi connectivity index (χ4n) is 3.67. The van der Waals surface area contributed by atoms with E-state index in [2.05, 4.69) is 19.6 Å². The van der Waals surface area contributed by atoms with Crippen molar-refractivity contribution in [3.05, 3.63) is 59.8 Å². The maximum absolute atomic E-state index is 14.7. The normalized spacial score (nSPS) is 15.1. The van der Waals surface area contributed by atoms with E-state index in [1.54, 1.807) is 18.4 Å². The number of fused-ring (bicyclic) bond motifs is 6. The fourth-order valence-corrected chi connectivity index (χ4v) is 5.43. The molecule has 0 unspecified atom stereocenters. The molecule has 0 spiro atoms. The number of ether oxygens (including phenoxy) is 2. The zero-order valence-corrected chi connectivity index (χ0v) is 20.0. The van der Waals surface area contributed by atoms with Crippen LogP contribution in [0.4, 0.5) is 20.4 Å². The first kappa shape index (κ1) is 23.9. The largest absolute Gasteiger partial charge is 0.493 e. The molecule has 3 heterocycles. The Balaban J connectivity index is 1.76. The lowest BCUT2D eigenvalue weighted by atomic mass is 10.0. The van der Waals surface area contributed by atoms with Crippen LogP contribution in [0.15, 0.2) is 47.0 Å². The lowest BCUT2D eigenvalue weighted by molar-refractivity contribution is 0.242. The zero-order chi connectivity index (χ0) is 24.3. The molecule has 7 nitrogen and oxygen atoms in total. The molecule has 0 fully saturated rings. The smallest absolute Gasteiger partial charge is 0.215 e. The van der Waals surface area contributed by atoms with Crippen molar-refractivity contribution in [2.45, 2.75) is 32.1 Å². The molecule has 180 valence electrons. The summed E-state index contributed by atoms with van der Waals surface area (Å²) in [7, 11) is -2.46. The van der Waals surface area contributed by atoms with Crippen LogP contribution in [0.5, 0.6) is 11.6 Å². The minimum Gasteiger partial charge on any atom is -0.493 e. The quantitative estimate of drug-likeness (QED) is 0.536. The Kier molecular flexibility index (Phi) is 6.97. The molecule has 3 aromatic rings. The molecule has 10 heteroatoms. The van der Waals surface area contributed by atoms with Crippen molar-refractivity contribution in [1.82, 2.24) is 9.97 Å². The number of hydrogen-bond acceptors (Lipinski definition) is 7. The third-order valence-corrected chi connectivity index (χ3v) is 6.61. The average molecular weight is 489 g/mol. The molecule has 4 bridgehead atoms. The highest BCUT2D eigenvalue weighted by molar-refractivity contribution is 7.92. The number of benzene rings is 1. The predicted octanol–water partition coefficient (Wildman–Crippen LogP) is 5.33. The summed E-state index contributed by atoms with van der Waals surface area (Å²) in [6, 6.07) is 8.88. The molecule has 0 saturated heterocycles. The van der Waals surface area contributed by atoms with Crippen molar-refractivity contribution in [3.8, 4) is 22.8 Å². The van der Waals surface area contributed by atoms with E-state index >= 15 is 0 Å². The summed E-state index contributed by atoms with van der Waals surface area (Å²) < 4.78 is 57.4. The van der Waals surface area contributed by atoms with E-state index in [1.807, 2.05) is 13.8 Å². The Hall–Kier alpha value is -3.27. The highest BCUT2D eigenvalue weighted by Gasteiger charge is 2.16. The van der Waals surface area contributed by atoms with E-state index in [-0.39, 0.29) is 36.3 Å². The lowest BCUT2D eigenvalue weighted by Gasteiger charge is -2.16. The summed E-state index contributed by atoms with van der Waals surface area (Å²) in [5.74, 6) is 0.480. The molecule has 34 heavy (non-hydrogen) atoms. The Morgan fingerprint density at radius 2 is 1.88 bits per heavy atom. The summed E-state index contributed by atoms with van der Waals surface area (Å²) in [6.45, 7) is 4.29. The number of hydrogen-bond donors (Lipinski definition) is 1. The van der Waals surface area contributed by atoms with Crippen molar-refractivity contribution in [2.24, 2.45) is 4.36 Å². The van der Waals surface area contributed by atoms with Gasteiger partial charge in [0, 0.05) is 45.7 Å². The Bertz CT molecular complexity index is 1320. The average Bonchev–Trinajstić information content (AvgIpc) is 2.73. The van der Waals surface area contributed by atoms with Crippen molar-refractivity contribution in [1.29, 1.82) is 0 Å². The second-order valence-electron chi connectivity index (χ2n) is 8.37. The number of rotatable bonds is 3. The molecule has 0 saturated carbocycles. The van der Waals surface area contributed by atoms with Crippen molar-refractivity contribution in [3.63, 3.8) is 0 Å². The van der Waals surface area contributed by atoms with Crippen LogP contribution in [-0.2, 0) is 15.5 Å². The second-order valence-corrected chi connectivity index (χ2v) is 10.8. The van der Waals surface area contributed by atoms with Gasteiger partial charge >= 0.3 is 0 Å².